The number of hydrogen-bond donors (Lipinski definition) is 1. The summed E-state index contributed by atoms with van der Waals surface area (Å²) in [4.78, 5) is 16.6. The maximum atomic E-state index is 13.4. The summed E-state index contributed by atoms with van der Waals surface area (Å²) in [5.74, 6) is -0.153. The Bertz CT molecular complexity index is 473. The molecule has 0 aromatic heterocycles. The molecule has 22 heavy (non-hydrogen) atoms. The molecule has 0 radical (unpaired) electrons. The molecule has 1 amide bonds. The van der Waals surface area contributed by atoms with Gasteiger partial charge in [-0.05, 0) is 24.6 Å². The predicted molar refractivity (Wildman–Crippen MR) is 86.3 cm³/mol. The van der Waals surface area contributed by atoms with Gasteiger partial charge in [-0.15, -0.1) is 0 Å². The van der Waals surface area contributed by atoms with E-state index in [1.807, 2.05) is 6.07 Å². The molecular formula is C17H26FN3O. The Morgan fingerprint density at radius 1 is 1.18 bits per heavy atom. The van der Waals surface area contributed by atoms with Crippen molar-refractivity contribution in [1.29, 1.82) is 0 Å². The molecule has 1 fully saturated rings. The van der Waals surface area contributed by atoms with Crippen LogP contribution < -0.4 is 5.32 Å². The van der Waals surface area contributed by atoms with Crippen LogP contribution in [0.1, 0.15) is 18.9 Å². The summed E-state index contributed by atoms with van der Waals surface area (Å²) in [6, 6.07) is 6.70. The van der Waals surface area contributed by atoms with Gasteiger partial charge in [0.15, 0.2) is 0 Å². The Morgan fingerprint density at radius 2 is 1.86 bits per heavy atom. The number of nitrogens with one attached hydrogen (secondary N) is 1. The first kappa shape index (κ1) is 16.9. The molecule has 1 aromatic carbocycles. The highest BCUT2D eigenvalue weighted by atomic mass is 19.1. The van der Waals surface area contributed by atoms with Crippen LogP contribution in [0.25, 0.3) is 0 Å². The fourth-order valence-electron chi connectivity index (χ4n) is 2.71. The number of amides is 1. The van der Waals surface area contributed by atoms with Crippen LogP contribution in [0.2, 0.25) is 0 Å². The highest BCUT2D eigenvalue weighted by molar-refractivity contribution is 5.76. The van der Waals surface area contributed by atoms with Gasteiger partial charge in [-0.25, -0.2) is 4.39 Å². The van der Waals surface area contributed by atoms with Crippen molar-refractivity contribution >= 4 is 5.91 Å². The van der Waals surface area contributed by atoms with Crippen LogP contribution in [-0.2, 0) is 11.2 Å². The predicted octanol–water partition coefficient (Wildman–Crippen LogP) is 1.51. The molecule has 0 bridgehead atoms. The topological polar surface area (TPSA) is 35.6 Å². The van der Waals surface area contributed by atoms with Gasteiger partial charge in [0, 0.05) is 45.7 Å². The standard InChI is InChI=1S/C17H26FN3O/c1-2-20-11-13-21(14-12-20)10-8-17(22)19-9-7-15-5-3-4-6-16(15)18/h3-6H,2,7-14H2,1H3,(H,19,22). The summed E-state index contributed by atoms with van der Waals surface area (Å²) < 4.78 is 13.4. The molecule has 0 spiro atoms. The van der Waals surface area contributed by atoms with Crippen molar-refractivity contribution in [2.24, 2.45) is 0 Å². The maximum absolute atomic E-state index is 13.4. The van der Waals surface area contributed by atoms with Crippen LogP contribution in [0.3, 0.4) is 0 Å². The summed E-state index contributed by atoms with van der Waals surface area (Å²) in [6.07, 6.45) is 1.05. The summed E-state index contributed by atoms with van der Waals surface area (Å²) in [5.41, 5.74) is 0.651. The highest BCUT2D eigenvalue weighted by Crippen LogP contribution is 2.06. The molecule has 1 N–H and O–H groups in total. The molecule has 1 saturated heterocycles. The SMILES string of the molecule is CCN1CCN(CCC(=O)NCCc2ccccc2F)CC1. The first-order valence-electron chi connectivity index (χ1n) is 8.14. The van der Waals surface area contributed by atoms with Crippen molar-refractivity contribution in [3.63, 3.8) is 0 Å². The van der Waals surface area contributed by atoms with Gasteiger partial charge in [-0.2, -0.15) is 0 Å². The maximum Gasteiger partial charge on any atom is 0.221 e. The molecule has 122 valence electrons. The van der Waals surface area contributed by atoms with E-state index in [2.05, 4.69) is 22.0 Å². The smallest absolute Gasteiger partial charge is 0.221 e. The monoisotopic (exact) mass is 307 g/mol. The number of benzene rings is 1. The van der Waals surface area contributed by atoms with Gasteiger partial charge < -0.3 is 15.1 Å². The zero-order chi connectivity index (χ0) is 15.8. The minimum absolute atomic E-state index is 0.0502. The number of carbonyl (C=O) groups is 1. The molecule has 0 aliphatic carbocycles. The average Bonchev–Trinajstić information content (AvgIpc) is 2.55. The molecule has 0 unspecified atom stereocenters. The molecule has 1 aliphatic heterocycles. The Kier molecular flexibility index (Phi) is 6.80. The van der Waals surface area contributed by atoms with E-state index in [1.165, 1.54) is 6.07 Å². The largest absolute Gasteiger partial charge is 0.356 e. The van der Waals surface area contributed by atoms with E-state index < -0.39 is 0 Å². The Morgan fingerprint density at radius 3 is 2.55 bits per heavy atom. The van der Waals surface area contributed by atoms with Gasteiger partial charge in [0.2, 0.25) is 5.91 Å². The number of carbonyl (C=O) groups excluding carboxylic acids is 1. The Hall–Kier alpha value is -1.46. The molecule has 0 atom stereocenters. The first-order chi connectivity index (χ1) is 10.7. The minimum Gasteiger partial charge on any atom is -0.356 e. The van der Waals surface area contributed by atoms with E-state index in [0.29, 0.717) is 24.9 Å². The van der Waals surface area contributed by atoms with Crippen LogP contribution in [0, 0.1) is 5.82 Å². The third-order valence-electron chi connectivity index (χ3n) is 4.24. The second kappa shape index (κ2) is 8.86. The molecular weight excluding hydrogens is 281 g/mol. The van der Waals surface area contributed by atoms with Crippen LogP contribution >= 0.6 is 0 Å². The lowest BCUT2D eigenvalue weighted by Gasteiger charge is -2.33. The number of piperazine rings is 1. The summed E-state index contributed by atoms with van der Waals surface area (Å²) in [7, 11) is 0. The Balaban J connectivity index is 1.59. The molecule has 1 heterocycles. The van der Waals surface area contributed by atoms with Gasteiger partial charge in [-0.1, -0.05) is 25.1 Å². The van der Waals surface area contributed by atoms with Gasteiger partial charge in [0.1, 0.15) is 5.82 Å². The number of halogens is 1. The van der Waals surface area contributed by atoms with Crippen molar-refractivity contribution in [3.05, 3.63) is 35.6 Å². The number of likely N-dealkylation sites (N-methyl/N-ethyl adjacent to an activating group) is 1. The molecule has 1 aromatic rings. The van der Waals surface area contributed by atoms with Crippen molar-refractivity contribution < 1.29 is 9.18 Å². The lowest BCUT2D eigenvalue weighted by atomic mass is 10.1. The fraction of sp³-hybridized carbons (Fsp3) is 0.588. The van der Waals surface area contributed by atoms with Crippen molar-refractivity contribution in [3.8, 4) is 0 Å². The van der Waals surface area contributed by atoms with E-state index >= 15 is 0 Å². The van der Waals surface area contributed by atoms with Crippen LogP contribution in [0.15, 0.2) is 24.3 Å². The van der Waals surface area contributed by atoms with E-state index in [0.717, 1.165) is 39.3 Å². The third kappa shape index (κ3) is 5.39. The van der Waals surface area contributed by atoms with E-state index in [1.54, 1.807) is 12.1 Å². The molecule has 1 aliphatic rings. The van der Waals surface area contributed by atoms with Gasteiger partial charge in [0.05, 0.1) is 0 Å². The van der Waals surface area contributed by atoms with Crippen LogP contribution in [0.5, 0.6) is 0 Å². The average molecular weight is 307 g/mol. The molecule has 0 saturated carbocycles. The van der Waals surface area contributed by atoms with E-state index in [-0.39, 0.29) is 11.7 Å². The first-order valence-corrected chi connectivity index (χ1v) is 8.14. The molecule has 4 nitrogen and oxygen atoms in total. The Labute approximate surface area is 132 Å². The number of hydrogen-bond acceptors (Lipinski definition) is 3. The molecule has 5 heteroatoms. The fourth-order valence-corrected chi connectivity index (χ4v) is 2.71. The molecule has 2 rings (SSSR count). The van der Waals surface area contributed by atoms with E-state index in [4.69, 9.17) is 0 Å². The lowest BCUT2D eigenvalue weighted by Crippen LogP contribution is -2.47. The number of rotatable bonds is 7. The van der Waals surface area contributed by atoms with Crippen LogP contribution in [-0.4, -0.2) is 61.5 Å². The van der Waals surface area contributed by atoms with Crippen LogP contribution in [0.4, 0.5) is 4.39 Å². The highest BCUT2D eigenvalue weighted by Gasteiger charge is 2.15. The van der Waals surface area contributed by atoms with E-state index in [9.17, 15) is 9.18 Å². The summed E-state index contributed by atoms with van der Waals surface area (Å²) >= 11 is 0. The van der Waals surface area contributed by atoms with Crippen molar-refractivity contribution in [2.75, 3.05) is 45.8 Å². The van der Waals surface area contributed by atoms with Crippen molar-refractivity contribution in [2.45, 2.75) is 19.8 Å². The second-order valence-corrected chi connectivity index (χ2v) is 5.72. The zero-order valence-corrected chi connectivity index (χ0v) is 13.4. The van der Waals surface area contributed by atoms with Gasteiger partial charge >= 0.3 is 0 Å². The quantitative estimate of drug-likeness (QED) is 0.829. The van der Waals surface area contributed by atoms with Gasteiger partial charge in [0.25, 0.3) is 0 Å². The second-order valence-electron chi connectivity index (χ2n) is 5.72. The zero-order valence-electron chi connectivity index (χ0n) is 13.4. The lowest BCUT2D eigenvalue weighted by molar-refractivity contribution is -0.121. The third-order valence-corrected chi connectivity index (χ3v) is 4.24. The summed E-state index contributed by atoms with van der Waals surface area (Å²) in [5, 5.41) is 2.88. The normalized spacial score (nSPS) is 16.6. The van der Waals surface area contributed by atoms with Gasteiger partial charge in [-0.3, -0.25) is 4.79 Å². The summed E-state index contributed by atoms with van der Waals surface area (Å²) in [6.45, 7) is 8.83. The minimum atomic E-state index is -0.203. The van der Waals surface area contributed by atoms with Crippen molar-refractivity contribution in [1.82, 2.24) is 15.1 Å². The number of nitrogens with zero attached hydrogens (tertiary/aromatic N) is 2.